The van der Waals surface area contributed by atoms with Crippen LogP contribution >= 0.6 is 34.8 Å². The van der Waals surface area contributed by atoms with E-state index in [1.807, 2.05) is 6.92 Å². The highest BCUT2D eigenvalue weighted by molar-refractivity contribution is 7.89. The van der Waals surface area contributed by atoms with Gasteiger partial charge in [-0.15, -0.1) is 11.6 Å². The standard InChI is InChI=1S/C12H16Cl3NO2S/c1-9(8-13)3-2-6-16-19(17,18)10-4-5-11(14)12(15)7-10/h4-5,7,9,16H,2-3,6,8H2,1H3. The van der Waals surface area contributed by atoms with Crippen LogP contribution in [0.25, 0.3) is 0 Å². The van der Waals surface area contributed by atoms with Crippen LogP contribution in [0.5, 0.6) is 0 Å². The topological polar surface area (TPSA) is 46.2 Å². The highest BCUT2D eigenvalue weighted by Crippen LogP contribution is 2.24. The van der Waals surface area contributed by atoms with Crippen LogP contribution in [0.15, 0.2) is 23.1 Å². The van der Waals surface area contributed by atoms with Crippen molar-refractivity contribution in [3.63, 3.8) is 0 Å². The van der Waals surface area contributed by atoms with Gasteiger partial charge in [-0.1, -0.05) is 30.1 Å². The lowest BCUT2D eigenvalue weighted by atomic mass is 10.1. The first kappa shape index (κ1) is 17.1. The van der Waals surface area contributed by atoms with Gasteiger partial charge < -0.3 is 0 Å². The molecule has 7 heteroatoms. The molecular weight excluding hydrogens is 329 g/mol. The van der Waals surface area contributed by atoms with Crippen LogP contribution in [0, 0.1) is 5.92 Å². The number of rotatable bonds is 7. The predicted octanol–water partition coefficient (Wildman–Crippen LogP) is 3.93. The molecule has 3 nitrogen and oxygen atoms in total. The summed E-state index contributed by atoms with van der Waals surface area (Å²) in [5.41, 5.74) is 0. The van der Waals surface area contributed by atoms with E-state index in [0.29, 0.717) is 23.4 Å². The van der Waals surface area contributed by atoms with Crippen LogP contribution in [0.1, 0.15) is 19.8 Å². The Kier molecular flexibility index (Phi) is 6.91. The molecule has 1 atom stereocenters. The first-order chi connectivity index (χ1) is 8.86. The largest absolute Gasteiger partial charge is 0.240 e. The third-order valence-electron chi connectivity index (χ3n) is 2.63. The zero-order valence-corrected chi connectivity index (χ0v) is 13.6. The van der Waals surface area contributed by atoms with Gasteiger partial charge in [0, 0.05) is 12.4 Å². The zero-order chi connectivity index (χ0) is 14.5. The lowest BCUT2D eigenvalue weighted by Gasteiger charge is -2.09. The molecule has 0 amide bonds. The summed E-state index contributed by atoms with van der Waals surface area (Å²) in [6, 6.07) is 4.24. The minimum absolute atomic E-state index is 0.118. The second kappa shape index (κ2) is 7.70. The van der Waals surface area contributed by atoms with E-state index in [-0.39, 0.29) is 9.92 Å². The lowest BCUT2D eigenvalue weighted by molar-refractivity contribution is 0.543. The van der Waals surface area contributed by atoms with Gasteiger partial charge in [0.1, 0.15) is 0 Å². The Hall–Kier alpha value is -0.000000000000000111. The Labute approximate surface area is 129 Å². The van der Waals surface area contributed by atoms with Crippen LogP contribution in [-0.2, 0) is 10.0 Å². The summed E-state index contributed by atoms with van der Waals surface area (Å²) in [7, 11) is -3.53. The molecule has 0 aliphatic rings. The molecule has 0 spiro atoms. The van der Waals surface area contributed by atoms with Gasteiger partial charge in [-0.3, -0.25) is 0 Å². The van der Waals surface area contributed by atoms with Gasteiger partial charge in [0.15, 0.2) is 0 Å². The number of sulfonamides is 1. The maximum absolute atomic E-state index is 12.0. The number of nitrogens with one attached hydrogen (secondary N) is 1. The van der Waals surface area contributed by atoms with Crippen LogP contribution < -0.4 is 4.72 Å². The first-order valence-corrected chi connectivity index (χ1v) is 8.65. The van der Waals surface area contributed by atoms with Crippen LogP contribution in [0.4, 0.5) is 0 Å². The van der Waals surface area contributed by atoms with E-state index in [2.05, 4.69) is 4.72 Å². The molecule has 108 valence electrons. The molecule has 1 aromatic carbocycles. The number of hydrogen-bond acceptors (Lipinski definition) is 2. The van der Waals surface area contributed by atoms with Gasteiger partial charge in [0.2, 0.25) is 10.0 Å². The van der Waals surface area contributed by atoms with Gasteiger partial charge >= 0.3 is 0 Å². The summed E-state index contributed by atoms with van der Waals surface area (Å²) < 4.78 is 26.5. The summed E-state index contributed by atoms with van der Waals surface area (Å²) >= 11 is 17.2. The fraction of sp³-hybridized carbons (Fsp3) is 0.500. The van der Waals surface area contributed by atoms with Crippen molar-refractivity contribution in [1.82, 2.24) is 4.72 Å². The van der Waals surface area contributed by atoms with Crippen molar-refractivity contribution in [3.8, 4) is 0 Å². The van der Waals surface area contributed by atoms with E-state index in [1.165, 1.54) is 18.2 Å². The summed E-state index contributed by atoms with van der Waals surface area (Å²) in [6.07, 6.45) is 1.63. The molecule has 0 aromatic heterocycles. The van der Waals surface area contributed by atoms with Crippen LogP contribution in [0.2, 0.25) is 10.0 Å². The maximum atomic E-state index is 12.0. The first-order valence-electron chi connectivity index (χ1n) is 5.87. The number of halogens is 3. The molecule has 0 heterocycles. The molecule has 0 radical (unpaired) electrons. The highest BCUT2D eigenvalue weighted by Gasteiger charge is 2.14. The molecule has 1 rings (SSSR count). The molecule has 1 aromatic rings. The van der Waals surface area contributed by atoms with Crippen molar-refractivity contribution in [2.75, 3.05) is 12.4 Å². The van der Waals surface area contributed by atoms with Crippen molar-refractivity contribution in [2.24, 2.45) is 5.92 Å². The molecule has 0 aliphatic carbocycles. The smallest absolute Gasteiger partial charge is 0.211 e. The highest BCUT2D eigenvalue weighted by atomic mass is 35.5. The second-order valence-electron chi connectivity index (χ2n) is 4.38. The summed E-state index contributed by atoms with van der Waals surface area (Å²) in [5.74, 6) is 0.968. The van der Waals surface area contributed by atoms with Gasteiger partial charge in [0.25, 0.3) is 0 Å². The van der Waals surface area contributed by atoms with Gasteiger partial charge in [-0.2, -0.15) is 0 Å². The van der Waals surface area contributed by atoms with E-state index >= 15 is 0 Å². The van der Waals surface area contributed by atoms with Crippen molar-refractivity contribution < 1.29 is 8.42 Å². The Morgan fingerprint density at radius 1 is 1.26 bits per heavy atom. The SMILES string of the molecule is CC(CCl)CCCNS(=O)(=O)c1ccc(Cl)c(Cl)c1. The maximum Gasteiger partial charge on any atom is 0.240 e. The fourth-order valence-corrected chi connectivity index (χ4v) is 3.08. The molecule has 0 saturated carbocycles. The molecule has 1 N–H and O–H groups in total. The molecule has 0 aliphatic heterocycles. The van der Waals surface area contributed by atoms with Crippen molar-refractivity contribution >= 4 is 44.8 Å². The van der Waals surface area contributed by atoms with Crippen LogP contribution in [-0.4, -0.2) is 20.8 Å². The Bertz CT molecular complexity index is 520. The predicted molar refractivity (Wildman–Crippen MR) is 80.8 cm³/mol. The van der Waals surface area contributed by atoms with Gasteiger partial charge in [-0.05, 0) is 37.0 Å². The van der Waals surface area contributed by atoms with Gasteiger partial charge in [0.05, 0.1) is 14.9 Å². The van der Waals surface area contributed by atoms with Crippen molar-refractivity contribution in [2.45, 2.75) is 24.7 Å². The lowest BCUT2D eigenvalue weighted by Crippen LogP contribution is -2.25. The summed E-state index contributed by atoms with van der Waals surface area (Å²) in [4.78, 5) is 0.118. The fourth-order valence-electron chi connectivity index (χ4n) is 1.46. The average Bonchev–Trinajstić information content (AvgIpc) is 2.37. The summed E-state index contributed by atoms with van der Waals surface area (Å²) in [6.45, 7) is 2.41. The molecule has 1 unspecified atom stereocenters. The molecule has 0 fully saturated rings. The van der Waals surface area contributed by atoms with E-state index in [4.69, 9.17) is 34.8 Å². The third kappa shape index (κ3) is 5.48. The number of benzene rings is 1. The average molecular weight is 345 g/mol. The number of hydrogen-bond donors (Lipinski definition) is 1. The molecule has 19 heavy (non-hydrogen) atoms. The van der Waals surface area contributed by atoms with E-state index in [0.717, 1.165) is 12.8 Å². The van der Waals surface area contributed by atoms with Crippen LogP contribution in [0.3, 0.4) is 0 Å². The molecular formula is C12H16Cl3NO2S. The van der Waals surface area contributed by atoms with Crippen molar-refractivity contribution in [3.05, 3.63) is 28.2 Å². The quantitative estimate of drug-likeness (QED) is 0.602. The second-order valence-corrected chi connectivity index (χ2v) is 7.27. The Morgan fingerprint density at radius 3 is 2.53 bits per heavy atom. The third-order valence-corrected chi connectivity index (χ3v) is 5.36. The Morgan fingerprint density at radius 2 is 1.95 bits per heavy atom. The summed E-state index contributed by atoms with van der Waals surface area (Å²) in [5, 5.41) is 0.553. The number of alkyl halides is 1. The van der Waals surface area contributed by atoms with Gasteiger partial charge in [-0.25, -0.2) is 13.1 Å². The molecule has 0 bridgehead atoms. The van der Waals surface area contributed by atoms with Crippen molar-refractivity contribution in [1.29, 1.82) is 0 Å². The zero-order valence-electron chi connectivity index (χ0n) is 10.5. The normalized spacial score (nSPS) is 13.5. The van der Waals surface area contributed by atoms with E-state index in [1.54, 1.807) is 0 Å². The van der Waals surface area contributed by atoms with E-state index < -0.39 is 10.0 Å². The monoisotopic (exact) mass is 343 g/mol. The van der Waals surface area contributed by atoms with E-state index in [9.17, 15) is 8.42 Å². The Balaban J connectivity index is 2.58. The minimum atomic E-state index is -3.53. The molecule has 0 saturated heterocycles. The minimum Gasteiger partial charge on any atom is -0.211 e.